The predicted molar refractivity (Wildman–Crippen MR) is 86.6 cm³/mol. The number of hydrogen-bond donors (Lipinski definition) is 4. The van der Waals surface area contributed by atoms with Crippen LogP contribution < -0.4 is 5.32 Å². The number of carbonyl (C=O) groups is 2. The van der Waals surface area contributed by atoms with Crippen molar-refractivity contribution in [2.24, 2.45) is 7.05 Å². The monoisotopic (exact) mass is 364 g/mol. The number of nitrogens with one attached hydrogen (secondary N) is 1. The third-order valence-corrected chi connectivity index (χ3v) is 3.72. The number of amides is 1. The van der Waals surface area contributed by atoms with Crippen molar-refractivity contribution in [1.82, 2.24) is 15.1 Å². The van der Waals surface area contributed by atoms with Crippen molar-refractivity contribution in [2.45, 2.75) is 12.1 Å². The smallest absolute Gasteiger partial charge is 0.339 e. The number of carboxylic acids is 1. The van der Waals surface area contributed by atoms with Gasteiger partial charge < -0.3 is 20.6 Å². The largest absolute Gasteiger partial charge is 0.478 e. The molecule has 11 nitrogen and oxygen atoms in total. The molecule has 0 aliphatic carbocycles. The van der Waals surface area contributed by atoms with Crippen molar-refractivity contribution < 1.29 is 29.8 Å². The summed E-state index contributed by atoms with van der Waals surface area (Å²) in [6.45, 7) is -0.649. The Balaban J connectivity index is 2.20. The van der Waals surface area contributed by atoms with E-state index in [9.17, 15) is 29.9 Å². The number of aryl methyl sites for hydroxylation is 1. The number of nitrogens with zero attached hydrogens (tertiary/aromatic N) is 3. The fraction of sp³-hybridized carbons (Fsp3) is 0.267. The van der Waals surface area contributed by atoms with Gasteiger partial charge in [0.05, 0.1) is 23.8 Å². The molecule has 0 aliphatic heterocycles. The van der Waals surface area contributed by atoms with Gasteiger partial charge in [0.25, 0.3) is 11.6 Å². The van der Waals surface area contributed by atoms with Gasteiger partial charge in [0, 0.05) is 19.2 Å². The highest BCUT2D eigenvalue weighted by Gasteiger charge is 2.27. The highest BCUT2D eigenvalue weighted by molar-refractivity contribution is 6.03. The molecule has 1 aromatic heterocycles. The van der Waals surface area contributed by atoms with Crippen molar-refractivity contribution >= 4 is 17.6 Å². The topological polar surface area (TPSA) is 168 Å². The third kappa shape index (κ3) is 3.84. The number of benzene rings is 1. The van der Waals surface area contributed by atoms with Gasteiger partial charge in [0.15, 0.2) is 0 Å². The molecule has 0 radical (unpaired) electrons. The number of aliphatic hydroxyl groups excluding tert-OH is 2. The fourth-order valence-electron chi connectivity index (χ4n) is 2.35. The van der Waals surface area contributed by atoms with E-state index in [4.69, 9.17) is 5.11 Å². The summed E-state index contributed by atoms with van der Waals surface area (Å²) in [6.07, 6.45) is -0.357. The number of nitro benzene ring substituents is 1. The summed E-state index contributed by atoms with van der Waals surface area (Å²) < 4.78 is 1.06. The summed E-state index contributed by atoms with van der Waals surface area (Å²) in [5.41, 5.74) is -0.511. The molecule has 0 saturated carbocycles. The van der Waals surface area contributed by atoms with Crippen LogP contribution in [-0.4, -0.2) is 54.5 Å². The second-order valence-electron chi connectivity index (χ2n) is 5.39. The standard InChI is InChI=1S/C15H16N4O7/c1-18-12(10(6-16-18)15(23)24)14(22)17-11(7-20)13(21)8-2-4-9(5-3-8)19(25)26/h2-6,11,13,20-21H,7H2,1H3,(H,17,22)(H,23,24)/t11-,13-/m1/s1. The molecule has 1 heterocycles. The number of non-ortho nitro benzene ring substituents is 1. The summed E-state index contributed by atoms with van der Waals surface area (Å²) in [5, 5.41) is 45.6. The van der Waals surface area contributed by atoms with Gasteiger partial charge in [0.1, 0.15) is 17.4 Å². The number of aliphatic hydroxyl groups is 2. The van der Waals surface area contributed by atoms with Crippen LogP contribution in [0.2, 0.25) is 0 Å². The van der Waals surface area contributed by atoms with Gasteiger partial charge in [-0.15, -0.1) is 0 Å². The first-order valence-electron chi connectivity index (χ1n) is 7.35. The molecule has 2 aromatic rings. The zero-order valence-electron chi connectivity index (χ0n) is 13.6. The Labute approximate surface area is 146 Å². The molecule has 26 heavy (non-hydrogen) atoms. The average molecular weight is 364 g/mol. The minimum Gasteiger partial charge on any atom is -0.478 e. The number of carboxylic acid groups (broad SMARTS) is 1. The van der Waals surface area contributed by atoms with Crippen molar-refractivity contribution in [1.29, 1.82) is 0 Å². The molecule has 0 saturated heterocycles. The SMILES string of the molecule is Cn1ncc(C(=O)O)c1C(=O)N[C@H](CO)[C@H](O)c1ccc([N+](=O)[O-])cc1. The van der Waals surface area contributed by atoms with Gasteiger partial charge in [0.2, 0.25) is 0 Å². The zero-order valence-corrected chi connectivity index (χ0v) is 13.6. The van der Waals surface area contributed by atoms with E-state index in [2.05, 4.69) is 10.4 Å². The molecule has 0 bridgehead atoms. The average Bonchev–Trinajstić information content (AvgIpc) is 3.01. The molecule has 0 fully saturated rings. The van der Waals surface area contributed by atoms with Gasteiger partial charge in [-0.2, -0.15) is 5.10 Å². The number of hydrogen-bond acceptors (Lipinski definition) is 7. The van der Waals surface area contributed by atoms with Crippen LogP contribution in [0.15, 0.2) is 30.5 Å². The third-order valence-electron chi connectivity index (χ3n) is 3.72. The lowest BCUT2D eigenvalue weighted by molar-refractivity contribution is -0.384. The lowest BCUT2D eigenvalue weighted by Crippen LogP contribution is -2.43. The van der Waals surface area contributed by atoms with Crippen LogP contribution in [0.5, 0.6) is 0 Å². The summed E-state index contributed by atoms with van der Waals surface area (Å²) in [7, 11) is 1.38. The van der Waals surface area contributed by atoms with Crippen LogP contribution in [0.1, 0.15) is 32.5 Å². The number of nitro groups is 1. The predicted octanol–water partition coefficient (Wildman–Crippen LogP) is -0.149. The van der Waals surface area contributed by atoms with Crippen LogP contribution in [0.3, 0.4) is 0 Å². The summed E-state index contributed by atoms with van der Waals surface area (Å²) >= 11 is 0. The molecule has 11 heteroatoms. The second-order valence-corrected chi connectivity index (χ2v) is 5.39. The molecule has 0 unspecified atom stereocenters. The van der Waals surface area contributed by atoms with Crippen LogP contribution in [0, 0.1) is 10.1 Å². The molecule has 0 aliphatic rings. The molecule has 1 amide bonds. The molecule has 1 aromatic carbocycles. The molecular weight excluding hydrogens is 348 g/mol. The molecule has 2 atom stereocenters. The summed E-state index contributed by atoms with van der Waals surface area (Å²) in [4.78, 5) is 33.6. The second kappa shape index (κ2) is 7.72. The van der Waals surface area contributed by atoms with E-state index in [1.165, 1.54) is 31.3 Å². The first kappa shape index (κ1) is 19.0. The Morgan fingerprint density at radius 3 is 2.46 bits per heavy atom. The first-order chi connectivity index (χ1) is 12.3. The lowest BCUT2D eigenvalue weighted by atomic mass is 10.0. The highest BCUT2D eigenvalue weighted by Crippen LogP contribution is 2.21. The Hall–Kier alpha value is -3.31. The van der Waals surface area contributed by atoms with Crippen LogP contribution >= 0.6 is 0 Å². The number of rotatable bonds is 7. The molecular formula is C15H16N4O7. The molecule has 4 N–H and O–H groups in total. The van der Waals surface area contributed by atoms with Gasteiger partial charge in [-0.25, -0.2) is 4.79 Å². The van der Waals surface area contributed by atoms with Gasteiger partial charge >= 0.3 is 5.97 Å². The maximum Gasteiger partial charge on any atom is 0.339 e. The maximum absolute atomic E-state index is 12.4. The van der Waals surface area contributed by atoms with Crippen LogP contribution in [0.4, 0.5) is 5.69 Å². The van der Waals surface area contributed by atoms with E-state index in [1.54, 1.807) is 0 Å². The number of carbonyl (C=O) groups excluding carboxylic acids is 1. The first-order valence-corrected chi connectivity index (χ1v) is 7.35. The lowest BCUT2D eigenvalue weighted by Gasteiger charge is -2.22. The van der Waals surface area contributed by atoms with E-state index in [-0.39, 0.29) is 22.5 Å². The summed E-state index contributed by atoms with van der Waals surface area (Å²) in [5.74, 6) is -2.19. The number of aromatic nitrogens is 2. The van der Waals surface area contributed by atoms with Crippen LogP contribution in [-0.2, 0) is 7.05 Å². The van der Waals surface area contributed by atoms with Crippen molar-refractivity contribution in [3.8, 4) is 0 Å². The van der Waals surface area contributed by atoms with Gasteiger partial charge in [-0.3, -0.25) is 19.6 Å². The Kier molecular flexibility index (Phi) is 5.64. The van der Waals surface area contributed by atoms with E-state index < -0.39 is 35.6 Å². The van der Waals surface area contributed by atoms with Crippen molar-refractivity contribution in [2.75, 3.05) is 6.61 Å². The van der Waals surface area contributed by atoms with E-state index in [0.717, 1.165) is 10.9 Å². The summed E-state index contributed by atoms with van der Waals surface area (Å²) in [6, 6.07) is 3.78. The van der Waals surface area contributed by atoms with Crippen LogP contribution in [0.25, 0.3) is 0 Å². The fourth-order valence-corrected chi connectivity index (χ4v) is 2.35. The van der Waals surface area contributed by atoms with Crippen molar-refractivity contribution in [3.05, 3.63) is 57.4 Å². The molecule has 2 rings (SSSR count). The Morgan fingerprint density at radius 1 is 1.35 bits per heavy atom. The van der Waals surface area contributed by atoms with Crippen molar-refractivity contribution in [3.63, 3.8) is 0 Å². The molecule has 0 spiro atoms. The molecule has 138 valence electrons. The van der Waals surface area contributed by atoms with E-state index >= 15 is 0 Å². The highest BCUT2D eigenvalue weighted by atomic mass is 16.6. The Morgan fingerprint density at radius 2 is 1.96 bits per heavy atom. The van der Waals surface area contributed by atoms with Gasteiger partial charge in [-0.1, -0.05) is 0 Å². The van der Waals surface area contributed by atoms with E-state index in [1.807, 2.05) is 0 Å². The maximum atomic E-state index is 12.4. The number of aromatic carboxylic acids is 1. The van der Waals surface area contributed by atoms with E-state index in [0.29, 0.717) is 0 Å². The minimum atomic E-state index is -1.37. The Bertz CT molecular complexity index is 831. The van der Waals surface area contributed by atoms with Gasteiger partial charge in [-0.05, 0) is 17.7 Å². The zero-order chi connectivity index (χ0) is 19.4. The normalized spacial score (nSPS) is 13.0. The quantitative estimate of drug-likeness (QED) is 0.388. The minimum absolute atomic E-state index is 0.175.